The van der Waals surface area contributed by atoms with E-state index in [4.69, 9.17) is 9.84 Å². The molecule has 0 aliphatic carbocycles. The van der Waals surface area contributed by atoms with E-state index in [9.17, 15) is 13.6 Å². The van der Waals surface area contributed by atoms with E-state index in [1.54, 1.807) is 31.2 Å². The number of piperidine rings is 1. The molecule has 2 aromatic rings. The van der Waals surface area contributed by atoms with Gasteiger partial charge in [0.15, 0.2) is 0 Å². The van der Waals surface area contributed by atoms with Crippen molar-refractivity contribution >= 4 is 5.97 Å². The van der Waals surface area contributed by atoms with E-state index in [1.165, 1.54) is 24.3 Å². The molecular formula is C25H31F2NO3. The van der Waals surface area contributed by atoms with Crippen LogP contribution in [-0.4, -0.2) is 42.2 Å². The number of carboxylic acids is 1. The molecule has 0 radical (unpaired) electrons. The lowest BCUT2D eigenvalue weighted by atomic mass is 9.89. The highest BCUT2D eigenvalue weighted by Crippen LogP contribution is 2.27. The van der Waals surface area contributed by atoms with Gasteiger partial charge in [0.2, 0.25) is 0 Å². The van der Waals surface area contributed by atoms with Gasteiger partial charge in [0, 0.05) is 6.54 Å². The summed E-state index contributed by atoms with van der Waals surface area (Å²) in [7, 11) is 0. The molecule has 0 aromatic heterocycles. The lowest BCUT2D eigenvalue weighted by molar-refractivity contribution is -0.141. The lowest BCUT2D eigenvalue weighted by Gasteiger charge is -2.32. The molecule has 168 valence electrons. The highest BCUT2D eigenvalue weighted by atomic mass is 19.1. The van der Waals surface area contributed by atoms with Gasteiger partial charge in [-0.15, -0.1) is 0 Å². The molecular weight excluding hydrogens is 400 g/mol. The van der Waals surface area contributed by atoms with E-state index in [0.29, 0.717) is 12.5 Å². The number of hydrogen-bond donors (Lipinski definition) is 1. The molecule has 3 rings (SSSR count). The monoisotopic (exact) mass is 431 g/mol. The molecule has 2 aromatic carbocycles. The minimum Gasteiger partial charge on any atom is -0.481 e. The fourth-order valence-corrected chi connectivity index (χ4v) is 4.07. The third-order valence-corrected chi connectivity index (χ3v) is 6.17. The van der Waals surface area contributed by atoms with E-state index >= 15 is 0 Å². The first-order valence-corrected chi connectivity index (χ1v) is 11.0. The summed E-state index contributed by atoms with van der Waals surface area (Å²) < 4.78 is 32.9. The number of benzene rings is 2. The number of carbonyl (C=O) groups is 1. The molecule has 1 atom stereocenters. The molecule has 0 spiro atoms. The second-order valence-electron chi connectivity index (χ2n) is 8.46. The van der Waals surface area contributed by atoms with Gasteiger partial charge in [0.1, 0.15) is 17.7 Å². The number of rotatable bonds is 10. The number of likely N-dealkylation sites (tertiary alicyclic amines) is 1. The van der Waals surface area contributed by atoms with Crippen LogP contribution in [0.5, 0.6) is 0 Å². The summed E-state index contributed by atoms with van der Waals surface area (Å²) in [5.41, 5.74) is 1.67. The van der Waals surface area contributed by atoms with Crippen molar-refractivity contribution in [3.63, 3.8) is 0 Å². The molecule has 0 amide bonds. The Labute approximate surface area is 182 Å². The van der Waals surface area contributed by atoms with Crippen molar-refractivity contribution in [1.82, 2.24) is 4.90 Å². The number of nitrogens with zero attached hydrogens (tertiary/aromatic N) is 1. The summed E-state index contributed by atoms with van der Waals surface area (Å²) in [4.78, 5) is 13.3. The zero-order valence-electron chi connectivity index (χ0n) is 18.0. The van der Waals surface area contributed by atoms with E-state index in [1.807, 2.05) is 0 Å². The summed E-state index contributed by atoms with van der Waals surface area (Å²) in [6, 6.07) is 12.4. The largest absolute Gasteiger partial charge is 0.481 e. The van der Waals surface area contributed by atoms with E-state index in [-0.39, 0.29) is 23.7 Å². The maximum atomic E-state index is 13.3. The summed E-state index contributed by atoms with van der Waals surface area (Å²) in [5, 5.41) is 9.03. The zero-order chi connectivity index (χ0) is 22.2. The van der Waals surface area contributed by atoms with Gasteiger partial charge in [-0.3, -0.25) is 4.79 Å². The van der Waals surface area contributed by atoms with Crippen LogP contribution >= 0.6 is 0 Å². The average molecular weight is 432 g/mol. The molecule has 1 N–H and O–H groups in total. The molecule has 1 aliphatic rings. The van der Waals surface area contributed by atoms with E-state index in [0.717, 1.165) is 56.4 Å². The van der Waals surface area contributed by atoms with Crippen LogP contribution in [0.15, 0.2) is 48.5 Å². The van der Waals surface area contributed by atoms with Crippen molar-refractivity contribution in [3.8, 4) is 0 Å². The lowest BCUT2D eigenvalue weighted by Crippen LogP contribution is -2.36. The summed E-state index contributed by atoms with van der Waals surface area (Å²) in [6.07, 6.45) is 3.48. The Hall–Kier alpha value is -2.31. The number of hydrogen-bond acceptors (Lipinski definition) is 3. The molecule has 6 heteroatoms. The quantitative estimate of drug-likeness (QED) is 0.556. The molecule has 4 nitrogen and oxygen atoms in total. The number of carboxylic acid groups (broad SMARTS) is 1. The Kier molecular flexibility index (Phi) is 8.55. The highest BCUT2D eigenvalue weighted by molar-refractivity contribution is 5.69. The second-order valence-corrected chi connectivity index (χ2v) is 8.46. The minimum absolute atomic E-state index is 0.277. The van der Waals surface area contributed by atoms with Crippen LogP contribution in [0.2, 0.25) is 0 Å². The molecule has 0 bridgehead atoms. The average Bonchev–Trinajstić information content (AvgIpc) is 2.77. The first kappa shape index (κ1) is 23.4. The fourth-order valence-electron chi connectivity index (χ4n) is 4.07. The van der Waals surface area contributed by atoms with Crippen molar-refractivity contribution in [3.05, 3.63) is 71.3 Å². The first-order valence-electron chi connectivity index (χ1n) is 11.0. The van der Waals surface area contributed by atoms with Gasteiger partial charge in [0.05, 0.1) is 12.5 Å². The van der Waals surface area contributed by atoms with Gasteiger partial charge in [-0.1, -0.05) is 31.2 Å². The third-order valence-electron chi connectivity index (χ3n) is 6.17. The van der Waals surface area contributed by atoms with Gasteiger partial charge < -0.3 is 14.7 Å². The van der Waals surface area contributed by atoms with Crippen molar-refractivity contribution in [2.45, 2.75) is 38.7 Å². The number of ether oxygens (including phenoxy) is 1. The Morgan fingerprint density at radius 2 is 1.55 bits per heavy atom. The molecule has 31 heavy (non-hydrogen) atoms. The van der Waals surface area contributed by atoms with E-state index in [2.05, 4.69) is 4.90 Å². The smallest absolute Gasteiger partial charge is 0.306 e. The van der Waals surface area contributed by atoms with Crippen LogP contribution in [0.25, 0.3) is 0 Å². The Balaban J connectivity index is 1.49. The van der Waals surface area contributed by atoms with Crippen LogP contribution in [-0.2, 0) is 9.53 Å². The maximum Gasteiger partial charge on any atom is 0.306 e. The highest BCUT2D eigenvalue weighted by Gasteiger charge is 2.22. The molecule has 1 heterocycles. The Morgan fingerprint density at radius 1 is 1.03 bits per heavy atom. The van der Waals surface area contributed by atoms with Gasteiger partial charge >= 0.3 is 5.97 Å². The van der Waals surface area contributed by atoms with Gasteiger partial charge in [-0.2, -0.15) is 0 Å². The molecule has 1 aliphatic heterocycles. The van der Waals surface area contributed by atoms with Gasteiger partial charge in [0.25, 0.3) is 0 Å². The van der Waals surface area contributed by atoms with Crippen LogP contribution in [0.3, 0.4) is 0 Å². The molecule has 1 saturated heterocycles. The van der Waals surface area contributed by atoms with Gasteiger partial charge in [-0.25, -0.2) is 8.78 Å². The fraction of sp³-hybridized carbons (Fsp3) is 0.480. The predicted molar refractivity (Wildman–Crippen MR) is 116 cm³/mol. The van der Waals surface area contributed by atoms with Crippen molar-refractivity contribution < 1.29 is 23.4 Å². The first-order chi connectivity index (χ1) is 14.9. The van der Waals surface area contributed by atoms with Crippen LogP contribution < -0.4 is 0 Å². The summed E-state index contributed by atoms with van der Waals surface area (Å²) in [6.45, 7) is 5.03. The van der Waals surface area contributed by atoms with Crippen molar-refractivity contribution in [2.75, 3.05) is 26.2 Å². The molecule has 1 fully saturated rings. The number of halogens is 2. The summed E-state index contributed by atoms with van der Waals surface area (Å²) >= 11 is 0. The van der Waals surface area contributed by atoms with Crippen LogP contribution in [0.1, 0.15) is 49.8 Å². The second kappa shape index (κ2) is 11.3. The Morgan fingerprint density at radius 3 is 2.03 bits per heavy atom. The van der Waals surface area contributed by atoms with Gasteiger partial charge in [-0.05, 0) is 80.1 Å². The van der Waals surface area contributed by atoms with Crippen molar-refractivity contribution in [2.24, 2.45) is 11.8 Å². The molecule has 1 unspecified atom stereocenters. The number of aliphatic carboxylic acids is 1. The SMILES string of the molecule is CC(CCC1CCN(CCOC(c2ccc(F)cc2)c2ccc(F)cc2)CC1)C(=O)O. The third kappa shape index (κ3) is 7.11. The Bertz CT molecular complexity index is 772. The zero-order valence-corrected chi connectivity index (χ0v) is 18.0. The van der Waals surface area contributed by atoms with Crippen LogP contribution in [0.4, 0.5) is 8.78 Å². The summed E-state index contributed by atoms with van der Waals surface area (Å²) in [5.74, 6) is -1.01. The predicted octanol–water partition coefficient (Wildman–Crippen LogP) is 5.28. The maximum absolute atomic E-state index is 13.3. The van der Waals surface area contributed by atoms with Crippen molar-refractivity contribution in [1.29, 1.82) is 0 Å². The normalized spacial score (nSPS) is 16.5. The standard InChI is InChI=1S/C25H31F2NO3/c1-18(25(29)30)2-3-19-12-14-28(15-13-19)16-17-31-24(20-4-8-22(26)9-5-20)21-6-10-23(27)11-7-21/h4-11,18-19,24H,2-3,12-17H2,1H3,(H,29,30). The van der Waals surface area contributed by atoms with E-state index < -0.39 is 5.97 Å². The topological polar surface area (TPSA) is 49.8 Å². The van der Waals surface area contributed by atoms with Crippen LogP contribution in [0, 0.1) is 23.5 Å². The minimum atomic E-state index is -0.716. The molecule has 0 saturated carbocycles.